The minimum absolute atomic E-state index is 0.119. The lowest BCUT2D eigenvalue weighted by Gasteiger charge is -2.20. The maximum absolute atomic E-state index is 12.6. The Balaban J connectivity index is 2.16. The Hall–Kier alpha value is -1.48. The van der Waals surface area contributed by atoms with Crippen LogP contribution in [0.5, 0.6) is 0 Å². The Bertz CT molecular complexity index is 760. The fraction of sp³-hybridized carbons (Fsp3) is 0.562. The zero-order valence-corrected chi connectivity index (χ0v) is 15.7. The third kappa shape index (κ3) is 5.51. The van der Waals surface area contributed by atoms with Crippen LogP contribution >= 0.6 is 11.6 Å². The summed E-state index contributed by atoms with van der Waals surface area (Å²) in [5.41, 5.74) is -5.35. The van der Waals surface area contributed by atoms with Gasteiger partial charge in [0.15, 0.2) is 0 Å². The molecule has 1 aliphatic carbocycles. The number of rotatable bonds is 6. The van der Waals surface area contributed by atoms with Crippen LogP contribution in [0.15, 0.2) is 23.4 Å². The Morgan fingerprint density at radius 2 is 1.96 bits per heavy atom. The van der Waals surface area contributed by atoms with Gasteiger partial charge in [-0.3, -0.25) is 4.72 Å². The van der Waals surface area contributed by atoms with E-state index >= 15 is 0 Å². The quantitative estimate of drug-likeness (QED) is 0.532. The first-order valence-corrected chi connectivity index (χ1v) is 10.0. The number of hydrogen-bond donors (Lipinski definition) is 1. The van der Waals surface area contributed by atoms with Crippen molar-refractivity contribution in [3.63, 3.8) is 0 Å². The number of benzene rings is 1. The molecule has 0 unspecified atom stereocenters. The number of nitrogens with zero attached hydrogens (tertiary/aromatic N) is 1. The van der Waals surface area contributed by atoms with Crippen LogP contribution in [0.2, 0.25) is 5.02 Å². The number of nitrogens with one attached hydrogen (secondary N) is 1. The SMILES string of the molecule is C/C(=N\OCC1CCCCC1)c1cc(Cl)ccc1NS(=O)(=O)C(F)(F)F. The first-order chi connectivity index (χ1) is 12.1. The second kappa shape index (κ2) is 8.47. The van der Waals surface area contributed by atoms with Crippen LogP contribution in [0, 0.1) is 5.92 Å². The summed E-state index contributed by atoms with van der Waals surface area (Å²) >= 11 is 5.88. The molecule has 0 heterocycles. The molecule has 10 heteroatoms. The topological polar surface area (TPSA) is 67.8 Å². The van der Waals surface area contributed by atoms with Crippen LogP contribution in [0.1, 0.15) is 44.6 Å². The third-order valence-corrected chi connectivity index (χ3v) is 5.49. The number of halogens is 4. The van der Waals surface area contributed by atoms with Crippen LogP contribution < -0.4 is 4.72 Å². The normalized spacial score (nSPS) is 17.2. The maximum atomic E-state index is 12.6. The average Bonchev–Trinajstić information content (AvgIpc) is 2.56. The van der Waals surface area contributed by atoms with Gasteiger partial charge in [-0.2, -0.15) is 21.6 Å². The van der Waals surface area contributed by atoms with E-state index in [-0.39, 0.29) is 22.0 Å². The second-order valence-corrected chi connectivity index (χ2v) is 8.33. The standard InChI is InChI=1S/C16H20ClF3N2O3S/c1-11(21-25-10-12-5-3-2-4-6-12)14-9-13(17)7-8-15(14)22-26(23,24)16(18,19)20/h7-9,12,22H,2-6,10H2,1H3/b21-11+. The van der Waals surface area contributed by atoms with Crippen molar-refractivity contribution in [3.05, 3.63) is 28.8 Å². The lowest BCUT2D eigenvalue weighted by molar-refractivity contribution is -0.0429. The summed E-state index contributed by atoms with van der Waals surface area (Å²) in [6.45, 7) is 1.93. The molecule has 1 saturated carbocycles. The molecule has 0 amide bonds. The van der Waals surface area contributed by atoms with Gasteiger partial charge in [-0.1, -0.05) is 36.0 Å². The Morgan fingerprint density at radius 3 is 2.58 bits per heavy atom. The highest BCUT2D eigenvalue weighted by atomic mass is 35.5. The van der Waals surface area contributed by atoms with Crippen molar-refractivity contribution in [2.24, 2.45) is 11.1 Å². The Morgan fingerprint density at radius 1 is 1.31 bits per heavy atom. The maximum Gasteiger partial charge on any atom is 0.516 e. The van der Waals surface area contributed by atoms with E-state index in [1.54, 1.807) is 0 Å². The van der Waals surface area contributed by atoms with Crippen molar-refractivity contribution < 1.29 is 26.4 Å². The van der Waals surface area contributed by atoms with E-state index in [4.69, 9.17) is 16.4 Å². The molecule has 0 atom stereocenters. The summed E-state index contributed by atoms with van der Waals surface area (Å²) in [6.07, 6.45) is 5.62. The van der Waals surface area contributed by atoms with E-state index in [1.807, 2.05) is 0 Å². The van der Waals surface area contributed by atoms with Crippen molar-refractivity contribution in [1.82, 2.24) is 0 Å². The predicted octanol–water partition coefficient (Wildman–Crippen LogP) is 4.92. The molecule has 5 nitrogen and oxygen atoms in total. The first kappa shape index (κ1) is 20.8. The smallest absolute Gasteiger partial charge is 0.395 e. The van der Waals surface area contributed by atoms with E-state index in [9.17, 15) is 21.6 Å². The van der Waals surface area contributed by atoms with Gasteiger partial charge in [-0.05, 0) is 43.9 Å². The van der Waals surface area contributed by atoms with Crippen LogP contribution in [0.25, 0.3) is 0 Å². The Kier molecular flexibility index (Phi) is 6.79. The summed E-state index contributed by atoms with van der Waals surface area (Å²) in [5, 5.41) is 4.16. The van der Waals surface area contributed by atoms with Crippen molar-refractivity contribution >= 4 is 33.0 Å². The van der Waals surface area contributed by atoms with Crippen molar-refractivity contribution in [2.75, 3.05) is 11.3 Å². The van der Waals surface area contributed by atoms with Crippen molar-refractivity contribution in [1.29, 1.82) is 0 Å². The fourth-order valence-electron chi connectivity index (χ4n) is 2.75. The first-order valence-electron chi connectivity index (χ1n) is 8.16. The van der Waals surface area contributed by atoms with Crippen LogP contribution in [0.3, 0.4) is 0 Å². The molecule has 0 radical (unpaired) electrons. The minimum atomic E-state index is -5.55. The fourth-order valence-corrected chi connectivity index (χ4v) is 3.51. The molecule has 1 aliphatic rings. The van der Waals surface area contributed by atoms with E-state index in [2.05, 4.69) is 5.16 Å². The number of oxime groups is 1. The molecule has 1 aromatic carbocycles. The lowest BCUT2D eigenvalue weighted by atomic mass is 9.90. The highest BCUT2D eigenvalue weighted by Crippen LogP contribution is 2.29. The number of alkyl halides is 3. The van der Waals surface area contributed by atoms with Gasteiger partial charge < -0.3 is 4.84 Å². The van der Waals surface area contributed by atoms with E-state index in [0.29, 0.717) is 12.5 Å². The molecule has 26 heavy (non-hydrogen) atoms. The van der Waals surface area contributed by atoms with Gasteiger partial charge in [-0.15, -0.1) is 0 Å². The number of anilines is 1. The molecule has 0 bridgehead atoms. The zero-order chi connectivity index (χ0) is 19.4. The third-order valence-electron chi connectivity index (χ3n) is 4.16. The molecule has 0 aliphatic heterocycles. The number of hydrogen-bond acceptors (Lipinski definition) is 4. The average molecular weight is 413 g/mol. The summed E-state index contributed by atoms with van der Waals surface area (Å²) < 4.78 is 62.1. The van der Waals surface area contributed by atoms with Crippen LogP contribution in [-0.4, -0.2) is 26.2 Å². The van der Waals surface area contributed by atoms with Gasteiger partial charge in [0.25, 0.3) is 0 Å². The molecule has 0 aromatic heterocycles. The summed E-state index contributed by atoms with van der Waals surface area (Å²) in [6, 6.07) is 3.77. The van der Waals surface area contributed by atoms with Crippen molar-refractivity contribution in [2.45, 2.75) is 44.5 Å². The summed E-state index contributed by atoms with van der Waals surface area (Å²) in [7, 11) is -5.55. The lowest BCUT2D eigenvalue weighted by Crippen LogP contribution is -2.30. The van der Waals surface area contributed by atoms with Crippen LogP contribution in [-0.2, 0) is 14.9 Å². The van der Waals surface area contributed by atoms with E-state index in [0.717, 1.165) is 31.7 Å². The molecular weight excluding hydrogens is 393 g/mol. The van der Waals surface area contributed by atoms with Gasteiger partial charge in [-0.25, -0.2) is 0 Å². The Labute approximate surface area is 155 Å². The minimum Gasteiger partial charge on any atom is -0.395 e. The van der Waals surface area contributed by atoms with Crippen LogP contribution in [0.4, 0.5) is 18.9 Å². The molecule has 1 aromatic rings. The molecule has 0 spiro atoms. The second-order valence-electron chi connectivity index (χ2n) is 6.22. The highest BCUT2D eigenvalue weighted by Gasteiger charge is 2.46. The zero-order valence-electron chi connectivity index (χ0n) is 14.1. The molecule has 1 N–H and O–H groups in total. The summed E-state index contributed by atoms with van der Waals surface area (Å²) in [4.78, 5) is 5.33. The number of sulfonamides is 1. The monoisotopic (exact) mass is 412 g/mol. The molecule has 2 rings (SSSR count). The highest BCUT2D eigenvalue weighted by molar-refractivity contribution is 7.93. The van der Waals surface area contributed by atoms with E-state index in [1.165, 1.54) is 30.2 Å². The van der Waals surface area contributed by atoms with Gasteiger partial charge in [0.1, 0.15) is 6.61 Å². The predicted molar refractivity (Wildman–Crippen MR) is 94.8 cm³/mol. The van der Waals surface area contributed by atoms with Gasteiger partial charge in [0.05, 0.1) is 11.4 Å². The molecule has 146 valence electrons. The largest absolute Gasteiger partial charge is 0.516 e. The van der Waals surface area contributed by atoms with Crippen molar-refractivity contribution in [3.8, 4) is 0 Å². The summed E-state index contributed by atoms with van der Waals surface area (Å²) in [5.74, 6) is 0.405. The van der Waals surface area contributed by atoms with E-state index < -0.39 is 15.5 Å². The van der Waals surface area contributed by atoms with Gasteiger partial charge in [0.2, 0.25) is 0 Å². The van der Waals surface area contributed by atoms with Gasteiger partial charge >= 0.3 is 15.5 Å². The molecule has 1 fully saturated rings. The molecule has 0 saturated heterocycles. The molecular formula is C16H20ClF3N2O3S. The van der Waals surface area contributed by atoms with Gasteiger partial charge in [0, 0.05) is 10.6 Å².